The third kappa shape index (κ3) is 3.73. The first-order valence-corrected chi connectivity index (χ1v) is 7.52. The number of sulfonamides is 1. The molecule has 0 unspecified atom stereocenters. The standard InChI is InChI=1S/C13H13F2N3O2S/c14-11-7-9(16)8-12(13(11)15)21(19,20)18-6-4-10-3-1-2-5-17-10/h1-3,5,7-8,18H,4,6,16H2. The first-order valence-electron chi connectivity index (χ1n) is 6.04. The molecule has 0 spiro atoms. The summed E-state index contributed by atoms with van der Waals surface area (Å²) in [5, 5.41) is 0. The van der Waals surface area contributed by atoms with Crippen molar-refractivity contribution in [2.45, 2.75) is 11.3 Å². The highest BCUT2D eigenvalue weighted by Crippen LogP contribution is 2.20. The molecule has 0 fully saturated rings. The lowest BCUT2D eigenvalue weighted by atomic mass is 10.3. The molecule has 1 aromatic heterocycles. The summed E-state index contributed by atoms with van der Waals surface area (Å²) in [5.41, 5.74) is 5.85. The van der Waals surface area contributed by atoms with Crippen LogP contribution in [0.25, 0.3) is 0 Å². The molecular weight excluding hydrogens is 300 g/mol. The van der Waals surface area contributed by atoms with Gasteiger partial charge in [-0.3, -0.25) is 4.98 Å². The Bertz CT molecular complexity index is 737. The first-order chi connectivity index (χ1) is 9.90. The molecule has 112 valence electrons. The van der Waals surface area contributed by atoms with Crippen molar-refractivity contribution in [1.82, 2.24) is 9.71 Å². The maximum atomic E-state index is 13.6. The van der Waals surface area contributed by atoms with Gasteiger partial charge in [0.15, 0.2) is 11.6 Å². The van der Waals surface area contributed by atoms with E-state index in [2.05, 4.69) is 9.71 Å². The number of halogens is 2. The second-order valence-electron chi connectivity index (χ2n) is 4.28. The number of nitrogens with zero attached hydrogens (tertiary/aromatic N) is 1. The van der Waals surface area contributed by atoms with Crippen molar-refractivity contribution in [1.29, 1.82) is 0 Å². The van der Waals surface area contributed by atoms with Gasteiger partial charge in [0.1, 0.15) is 4.90 Å². The van der Waals surface area contributed by atoms with Crippen LogP contribution < -0.4 is 10.5 Å². The minimum absolute atomic E-state index is 0.00913. The Morgan fingerprint density at radius 3 is 2.67 bits per heavy atom. The molecule has 0 radical (unpaired) electrons. The van der Waals surface area contributed by atoms with Gasteiger partial charge in [-0.25, -0.2) is 21.9 Å². The predicted octanol–water partition coefficient (Wildman–Crippen LogP) is 1.46. The number of aromatic nitrogens is 1. The monoisotopic (exact) mass is 313 g/mol. The second-order valence-corrected chi connectivity index (χ2v) is 6.02. The molecule has 3 N–H and O–H groups in total. The fraction of sp³-hybridized carbons (Fsp3) is 0.154. The molecular formula is C13H13F2N3O2S. The number of benzene rings is 1. The Hall–Kier alpha value is -2.06. The largest absolute Gasteiger partial charge is 0.399 e. The highest BCUT2D eigenvalue weighted by Gasteiger charge is 2.22. The lowest BCUT2D eigenvalue weighted by Crippen LogP contribution is -2.27. The van der Waals surface area contributed by atoms with Crippen molar-refractivity contribution in [2.24, 2.45) is 0 Å². The van der Waals surface area contributed by atoms with Gasteiger partial charge in [0, 0.05) is 30.5 Å². The molecule has 1 aromatic carbocycles. The van der Waals surface area contributed by atoms with Crippen LogP contribution in [0.2, 0.25) is 0 Å². The van der Waals surface area contributed by atoms with Crippen LogP contribution in [0.5, 0.6) is 0 Å². The zero-order valence-corrected chi connectivity index (χ0v) is 11.7. The average molecular weight is 313 g/mol. The molecule has 1 heterocycles. The van der Waals surface area contributed by atoms with Crippen molar-refractivity contribution in [2.75, 3.05) is 12.3 Å². The van der Waals surface area contributed by atoms with E-state index < -0.39 is 26.6 Å². The highest BCUT2D eigenvalue weighted by atomic mass is 32.2. The summed E-state index contributed by atoms with van der Waals surface area (Å²) in [6, 6.07) is 6.83. The molecule has 0 aliphatic heterocycles. The fourth-order valence-electron chi connectivity index (χ4n) is 1.72. The summed E-state index contributed by atoms with van der Waals surface area (Å²) in [6.45, 7) is 0.00913. The molecule has 2 aromatic rings. The zero-order valence-electron chi connectivity index (χ0n) is 10.9. The van der Waals surface area contributed by atoms with Gasteiger partial charge in [0.25, 0.3) is 0 Å². The Kier molecular flexibility index (Phi) is 4.49. The number of nitrogen functional groups attached to an aromatic ring is 1. The van der Waals surface area contributed by atoms with Gasteiger partial charge in [-0.15, -0.1) is 0 Å². The van der Waals surface area contributed by atoms with E-state index in [-0.39, 0.29) is 12.2 Å². The molecule has 0 saturated carbocycles. The van der Waals surface area contributed by atoms with Crippen LogP contribution in [0.3, 0.4) is 0 Å². The normalized spacial score (nSPS) is 11.5. The van der Waals surface area contributed by atoms with Gasteiger partial charge >= 0.3 is 0 Å². The Balaban J connectivity index is 2.12. The minimum atomic E-state index is -4.18. The SMILES string of the molecule is Nc1cc(F)c(F)c(S(=O)(=O)NCCc2ccccn2)c1. The van der Waals surface area contributed by atoms with Crippen LogP contribution in [-0.4, -0.2) is 19.9 Å². The van der Waals surface area contributed by atoms with Gasteiger partial charge in [-0.2, -0.15) is 0 Å². The van der Waals surface area contributed by atoms with Crippen molar-refractivity contribution in [3.05, 3.63) is 53.9 Å². The van der Waals surface area contributed by atoms with Crippen LogP contribution in [0.1, 0.15) is 5.69 Å². The summed E-state index contributed by atoms with van der Waals surface area (Å²) in [6.07, 6.45) is 1.91. The minimum Gasteiger partial charge on any atom is -0.399 e. The van der Waals surface area contributed by atoms with E-state index in [1.165, 1.54) is 0 Å². The molecule has 0 aliphatic rings. The average Bonchev–Trinajstić information content (AvgIpc) is 2.43. The number of rotatable bonds is 5. The van der Waals surface area contributed by atoms with Crippen LogP contribution in [-0.2, 0) is 16.4 Å². The lowest BCUT2D eigenvalue weighted by Gasteiger charge is -2.09. The summed E-state index contributed by atoms with van der Waals surface area (Å²) in [7, 11) is -4.18. The second kappa shape index (κ2) is 6.15. The first kappa shape index (κ1) is 15.3. The van der Waals surface area contributed by atoms with E-state index in [0.29, 0.717) is 12.1 Å². The van der Waals surface area contributed by atoms with Gasteiger partial charge in [-0.05, 0) is 24.3 Å². The maximum Gasteiger partial charge on any atom is 0.243 e. The Labute approximate surface area is 120 Å². The molecule has 0 amide bonds. The van der Waals surface area contributed by atoms with Crippen LogP contribution in [0, 0.1) is 11.6 Å². The number of hydrogen-bond acceptors (Lipinski definition) is 4. The lowest BCUT2D eigenvalue weighted by molar-refractivity contribution is 0.484. The number of pyridine rings is 1. The maximum absolute atomic E-state index is 13.6. The van der Waals surface area contributed by atoms with E-state index in [1.54, 1.807) is 24.4 Å². The van der Waals surface area contributed by atoms with Crippen molar-refractivity contribution in [3.63, 3.8) is 0 Å². The predicted molar refractivity (Wildman–Crippen MR) is 73.9 cm³/mol. The van der Waals surface area contributed by atoms with Gasteiger partial charge in [0.05, 0.1) is 0 Å². The van der Waals surface area contributed by atoms with Gasteiger partial charge in [0.2, 0.25) is 10.0 Å². The van der Waals surface area contributed by atoms with Crippen molar-refractivity contribution < 1.29 is 17.2 Å². The number of nitrogens with two attached hydrogens (primary N) is 1. The number of anilines is 1. The fourth-order valence-corrected chi connectivity index (χ4v) is 2.87. The van der Waals surface area contributed by atoms with E-state index in [1.807, 2.05) is 0 Å². The Morgan fingerprint density at radius 1 is 1.24 bits per heavy atom. The van der Waals surface area contributed by atoms with Crippen LogP contribution >= 0.6 is 0 Å². The van der Waals surface area contributed by atoms with E-state index in [4.69, 9.17) is 5.73 Å². The third-order valence-electron chi connectivity index (χ3n) is 2.71. The smallest absolute Gasteiger partial charge is 0.243 e. The molecule has 5 nitrogen and oxygen atoms in total. The highest BCUT2D eigenvalue weighted by molar-refractivity contribution is 7.89. The topological polar surface area (TPSA) is 85.1 Å². The van der Waals surface area contributed by atoms with E-state index in [0.717, 1.165) is 12.1 Å². The van der Waals surface area contributed by atoms with Crippen molar-refractivity contribution in [3.8, 4) is 0 Å². The van der Waals surface area contributed by atoms with E-state index in [9.17, 15) is 17.2 Å². The summed E-state index contributed by atoms with van der Waals surface area (Å²) < 4.78 is 52.9. The summed E-state index contributed by atoms with van der Waals surface area (Å²) >= 11 is 0. The van der Waals surface area contributed by atoms with Crippen LogP contribution in [0.15, 0.2) is 41.4 Å². The molecule has 0 bridgehead atoms. The summed E-state index contributed by atoms with van der Waals surface area (Å²) in [5.74, 6) is -2.75. The molecule has 21 heavy (non-hydrogen) atoms. The molecule has 0 aliphatic carbocycles. The third-order valence-corrected chi connectivity index (χ3v) is 4.17. The number of nitrogens with one attached hydrogen (secondary N) is 1. The van der Waals surface area contributed by atoms with E-state index >= 15 is 0 Å². The van der Waals surface area contributed by atoms with Gasteiger partial charge < -0.3 is 5.73 Å². The van der Waals surface area contributed by atoms with Crippen LogP contribution in [0.4, 0.5) is 14.5 Å². The summed E-state index contributed by atoms with van der Waals surface area (Å²) in [4.78, 5) is 3.22. The Morgan fingerprint density at radius 2 is 2.00 bits per heavy atom. The number of hydrogen-bond donors (Lipinski definition) is 2. The molecule has 2 rings (SSSR count). The van der Waals surface area contributed by atoms with Gasteiger partial charge in [-0.1, -0.05) is 6.07 Å². The quantitative estimate of drug-likeness (QED) is 0.819. The molecule has 0 atom stereocenters. The zero-order chi connectivity index (χ0) is 15.5. The molecule has 8 heteroatoms. The van der Waals surface area contributed by atoms with Crippen molar-refractivity contribution >= 4 is 15.7 Å². The molecule has 0 saturated heterocycles.